The van der Waals surface area contributed by atoms with Crippen LogP contribution in [0.15, 0.2) is 29.9 Å². The Morgan fingerprint density at radius 1 is 1.48 bits per heavy atom. The van der Waals surface area contributed by atoms with E-state index >= 15 is 0 Å². The van der Waals surface area contributed by atoms with Crippen LogP contribution in [0.2, 0.25) is 0 Å². The highest BCUT2D eigenvalue weighted by atomic mass is 32.1. The van der Waals surface area contributed by atoms with Crippen molar-refractivity contribution in [3.8, 4) is 17.3 Å². The van der Waals surface area contributed by atoms with Crippen molar-refractivity contribution in [1.29, 1.82) is 5.26 Å². The van der Waals surface area contributed by atoms with Crippen molar-refractivity contribution in [2.45, 2.75) is 18.9 Å². The molecule has 3 heterocycles. The molecule has 1 fully saturated rings. The van der Waals surface area contributed by atoms with Gasteiger partial charge in [-0.15, -0.1) is 11.3 Å². The number of carbonyl (C=O) groups excluding carboxylic acids is 1. The summed E-state index contributed by atoms with van der Waals surface area (Å²) >= 11 is 1.54. The van der Waals surface area contributed by atoms with E-state index in [1.807, 2.05) is 17.5 Å². The Bertz CT molecular complexity index is 741. The fourth-order valence-corrected chi connectivity index (χ4v) is 3.50. The van der Waals surface area contributed by atoms with Crippen LogP contribution in [0.25, 0.3) is 11.3 Å². The quantitative estimate of drug-likeness (QED) is 0.734. The lowest BCUT2D eigenvalue weighted by molar-refractivity contribution is -0.130. The highest BCUT2D eigenvalue weighted by Crippen LogP contribution is 2.23. The van der Waals surface area contributed by atoms with E-state index in [-0.39, 0.29) is 18.5 Å². The predicted molar refractivity (Wildman–Crippen MR) is 97.1 cm³/mol. The third kappa shape index (κ3) is 4.53. The fraction of sp³-hybridized carbons (Fsp3) is 0.412. The number of hydrogen-bond acceptors (Lipinski definition) is 7. The van der Waals surface area contributed by atoms with Crippen LogP contribution in [0.5, 0.6) is 0 Å². The van der Waals surface area contributed by atoms with Gasteiger partial charge in [-0.1, -0.05) is 0 Å². The van der Waals surface area contributed by atoms with E-state index in [2.05, 4.69) is 26.7 Å². The molecule has 130 valence electrons. The average Bonchev–Trinajstić information content (AvgIpc) is 3.31. The molecule has 0 saturated carbocycles. The van der Waals surface area contributed by atoms with Gasteiger partial charge in [-0.2, -0.15) is 5.26 Å². The van der Waals surface area contributed by atoms with Gasteiger partial charge < -0.3 is 15.5 Å². The molecular weight excluding hydrogens is 336 g/mol. The van der Waals surface area contributed by atoms with E-state index in [1.165, 1.54) is 0 Å². The molecule has 1 aliphatic rings. The van der Waals surface area contributed by atoms with E-state index in [0.717, 1.165) is 29.2 Å². The van der Waals surface area contributed by atoms with E-state index in [9.17, 15) is 4.79 Å². The Morgan fingerprint density at radius 2 is 2.40 bits per heavy atom. The molecule has 1 saturated heterocycles. The van der Waals surface area contributed by atoms with E-state index < -0.39 is 0 Å². The molecule has 0 radical (unpaired) electrons. The number of carbonyl (C=O) groups is 1. The molecule has 2 aromatic heterocycles. The Morgan fingerprint density at radius 3 is 3.20 bits per heavy atom. The first-order chi connectivity index (χ1) is 12.3. The maximum atomic E-state index is 12.1. The number of nitrogens with one attached hydrogen (secondary N) is 2. The smallest absolute Gasteiger partial charge is 0.237 e. The number of nitriles is 1. The van der Waals surface area contributed by atoms with Gasteiger partial charge in [0.2, 0.25) is 5.91 Å². The van der Waals surface area contributed by atoms with Crippen molar-refractivity contribution in [3.63, 3.8) is 0 Å². The first-order valence-electron chi connectivity index (χ1n) is 8.27. The Labute approximate surface area is 150 Å². The van der Waals surface area contributed by atoms with Gasteiger partial charge in [0.15, 0.2) is 5.13 Å². The minimum atomic E-state index is -0.256. The zero-order chi connectivity index (χ0) is 17.5. The van der Waals surface area contributed by atoms with Crippen LogP contribution in [-0.4, -0.2) is 53.0 Å². The van der Waals surface area contributed by atoms with E-state index in [0.29, 0.717) is 19.6 Å². The number of aromatic nitrogens is 2. The van der Waals surface area contributed by atoms with Crippen molar-refractivity contribution in [2.75, 3.05) is 31.5 Å². The van der Waals surface area contributed by atoms with Crippen molar-refractivity contribution in [3.05, 3.63) is 29.9 Å². The first-order valence-corrected chi connectivity index (χ1v) is 9.15. The molecule has 8 heteroatoms. The summed E-state index contributed by atoms with van der Waals surface area (Å²) in [5.41, 5.74) is 1.90. The molecule has 0 bridgehead atoms. The first kappa shape index (κ1) is 17.3. The molecule has 25 heavy (non-hydrogen) atoms. The lowest BCUT2D eigenvalue weighted by atomic mass is 10.2. The monoisotopic (exact) mass is 356 g/mol. The van der Waals surface area contributed by atoms with Crippen molar-refractivity contribution in [2.24, 2.45) is 0 Å². The van der Waals surface area contributed by atoms with Crippen LogP contribution < -0.4 is 10.6 Å². The third-order valence-electron chi connectivity index (χ3n) is 4.04. The second-order valence-electron chi connectivity index (χ2n) is 5.76. The lowest BCUT2D eigenvalue weighted by Gasteiger charge is -2.19. The molecule has 1 unspecified atom stereocenters. The summed E-state index contributed by atoms with van der Waals surface area (Å²) in [7, 11) is 0. The van der Waals surface area contributed by atoms with Gasteiger partial charge in [0, 0.05) is 43.0 Å². The summed E-state index contributed by atoms with van der Waals surface area (Å²) in [6, 6.07) is 5.80. The Kier molecular flexibility index (Phi) is 5.93. The van der Waals surface area contributed by atoms with Gasteiger partial charge in [0.25, 0.3) is 0 Å². The highest BCUT2D eigenvalue weighted by Gasteiger charge is 2.27. The summed E-state index contributed by atoms with van der Waals surface area (Å²) in [6.45, 7) is 2.28. The van der Waals surface area contributed by atoms with Crippen LogP contribution in [-0.2, 0) is 4.79 Å². The molecule has 0 aromatic carbocycles. The van der Waals surface area contributed by atoms with Crippen LogP contribution in [0.4, 0.5) is 5.13 Å². The maximum Gasteiger partial charge on any atom is 0.237 e. The number of likely N-dealkylation sites (tertiary alicyclic amines) is 1. The molecule has 0 aliphatic carbocycles. The van der Waals surface area contributed by atoms with Gasteiger partial charge in [0.05, 0.1) is 18.3 Å². The lowest BCUT2D eigenvalue weighted by Crippen LogP contribution is -2.41. The van der Waals surface area contributed by atoms with Crippen molar-refractivity contribution < 1.29 is 4.79 Å². The molecular formula is C17H20N6OS. The minimum absolute atomic E-state index is 0.00263. The molecule has 0 spiro atoms. The summed E-state index contributed by atoms with van der Waals surface area (Å²) in [4.78, 5) is 22.4. The fourth-order valence-electron chi connectivity index (χ4n) is 2.76. The standard InChI is InChI=1S/C17H20N6OS/c18-9-14-4-2-8-23(14)16(24)11-20-6-7-21-17-22-15(12-25-17)13-3-1-5-19-10-13/h1,3,5,10,12,14,20H,2,4,6-8,11H2,(H,21,22). The molecule has 1 atom stereocenters. The van der Waals surface area contributed by atoms with Gasteiger partial charge in [-0.25, -0.2) is 4.98 Å². The Hall–Kier alpha value is -2.50. The normalized spacial score (nSPS) is 16.6. The summed E-state index contributed by atoms with van der Waals surface area (Å²) < 4.78 is 0. The summed E-state index contributed by atoms with van der Waals surface area (Å²) in [6.07, 6.45) is 5.23. The van der Waals surface area contributed by atoms with E-state index in [4.69, 9.17) is 5.26 Å². The SMILES string of the molecule is N#CC1CCCN1C(=O)CNCCNc1nc(-c2cccnc2)cs1. The topological polar surface area (TPSA) is 93.9 Å². The summed E-state index contributed by atoms with van der Waals surface area (Å²) in [5, 5.41) is 18.2. The maximum absolute atomic E-state index is 12.1. The van der Waals surface area contributed by atoms with Crippen molar-refractivity contribution in [1.82, 2.24) is 20.2 Å². The van der Waals surface area contributed by atoms with Crippen LogP contribution in [0.3, 0.4) is 0 Å². The summed E-state index contributed by atoms with van der Waals surface area (Å²) in [5.74, 6) is -0.00263. The largest absolute Gasteiger partial charge is 0.360 e. The Balaban J connectivity index is 1.37. The zero-order valence-electron chi connectivity index (χ0n) is 13.8. The number of amides is 1. The van der Waals surface area contributed by atoms with Crippen LogP contribution in [0.1, 0.15) is 12.8 Å². The van der Waals surface area contributed by atoms with E-state index in [1.54, 1.807) is 28.6 Å². The predicted octanol–water partition coefficient (Wildman–Crippen LogP) is 1.72. The van der Waals surface area contributed by atoms with Gasteiger partial charge >= 0.3 is 0 Å². The second kappa shape index (κ2) is 8.55. The molecule has 2 N–H and O–H groups in total. The van der Waals surface area contributed by atoms with Gasteiger partial charge in [-0.05, 0) is 25.0 Å². The van der Waals surface area contributed by atoms with Gasteiger partial charge in [-0.3, -0.25) is 9.78 Å². The molecule has 7 nitrogen and oxygen atoms in total. The minimum Gasteiger partial charge on any atom is -0.360 e. The second-order valence-corrected chi connectivity index (χ2v) is 6.62. The number of thiazole rings is 1. The molecule has 3 rings (SSSR count). The van der Waals surface area contributed by atoms with Crippen LogP contribution in [0, 0.1) is 11.3 Å². The number of hydrogen-bond donors (Lipinski definition) is 2. The molecule has 2 aromatic rings. The highest BCUT2D eigenvalue weighted by molar-refractivity contribution is 7.14. The molecule has 1 aliphatic heterocycles. The average molecular weight is 356 g/mol. The number of pyridine rings is 1. The zero-order valence-corrected chi connectivity index (χ0v) is 14.6. The number of rotatable bonds is 7. The molecule has 1 amide bonds. The number of anilines is 1. The third-order valence-corrected chi connectivity index (χ3v) is 4.84. The van der Waals surface area contributed by atoms with Gasteiger partial charge in [0.1, 0.15) is 6.04 Å². The van der Waals surface area contributed by atoms with Crippen molar-refractivity contribution >= 4 is 22.4 Å². The van der Waals surface area contributed by atoms with Crippen LogP contribution >= 0.6 is 11.3 Å². The number of nitrogens with zero attached hydrogens (tertiary/aromatic N) is 4.